The van der Waals surface area contributed by atoms with Gasteiger partial charge in [-0.3, -0.25) is 14.3 Å². The second-order valence-electron chi connectivity index (χ2n) is 6.80. The highest BCUT2D eigenvalue weighted by molar-refractivity contribution is 5.24. The number of aromatic nitrogens is 5. The summed E-state index contributed by atoms with van der Waals surface area (Å²) in [5.74, 6) is 0.578. The van der Waals surface area contributed by atoms with Crippen molar-refractivity contribution in [2.24, 2.45) is 5.92 Å². The summed E-state index contributed by atoms with van der Waals surface area (Å²) in [6.07, 6.45) is 4.28. The van der Waals surface area contributed by atoms with Gasteiger partial charge in [0.2, 0.25) is 0 Å². The highest BCUT2D eigenvalue weighted by Crippen LogP contribution is 2.22. The summed E-state index contributed by atoms with van der Waals surface area (Å²) in [5.41, 5.74) is 4.46. The maximum atomic E-state index is 9.11. The number of hydrogen-bond acceptors (Lipinski definition) is 5. The second kappa shape index (κ2) is 7.44. The van der Waals surface area contributed by atoms with Crippen molar-refractivity contribution in [3.8, 4) is 0 Å². The first-order chi connectivity index (χ1) is 11.6. The minimum absolute atomic E-state index is 0.0449. The Morgan fingerprint density at radius 2 is 2.17 bits per heavy atom. The Morgan fingerprint density at radius 1 is 1.33 bits per heavy atom. The van der Waals surface area contributed by atoms with Gasteiger partial charge in [-0.25, -0.2) is 0 Å². The molecule has 1 N–H and O–H groups in total. The smallest absolute Gasteiger partial charge is 0.108 e. The van der Waals surface area contributed by atoms with E-state index in [1.165, 1.54) is 24.1 Å². The zero-order valence-electron chi connectivity index (χ0n) is 14.9. The number of nitrogens with zero attached hydrogens (tertiary/aromatic N) is 6. The first-order valence-electron chi connectivity index (χ1n) is 8.85. The van der Waals surface area contributed by atoms with Crippen LogP contribution >= 0.6 is 0 Å². The molecule has 0 spiro atoms. The topological polar surface area (TPSA) is 72.0 Å². The van der Waals surface area contributed by atoms with E-state index in [9.17, 15) is 0 Å². The number of likely N-dealkylation sites (tertiary alicyclic amines) is 1. The minimum Gasteiger partial charge on any atom is -0.390 e. The number of piperidine rings is 1. The fraction of sp³-hybridized carbons (Fsp3) is 0.706. The van der Waals surface area contributed by atoms with Crippen molar-refractivity contribution in [1.82, 2.24) is 29.7 Å². The Bertz CT molecular complexity index is 677. The molecular formula is C17H28N6O. The summed E-state index contributed by atoms with van der Waals surface area (Å²) in [7, 11) is 0. The molecule has 0 aliphatic carbocycles. The van der Waals surface area contributed by atoms with Crippen molar-refractivity contribution < 1.29 is 5.11 Å². The first-order valence-corrected chi connectivity index (χ1v) is 8.85. The third-order valence-electron chi connectivity index (χ3n) is 5.01. The van der Waals surface area contributed by atoms with Gasteiger partial charge in [-0.2, -0.15) is 5.10 Å². The summed E-state index contributed by atoms with van der Waals surface area (Å²) < 4.78 is 3.96. The SMILES string of the molecule is CCn1nc(C)c(CN2CCCC(Cn3cc(CO)nn3)C2)c1C. The number of aliphatic hydroxyl groups is 1. The molecule has 7 nitrogen and oxygen atoms in total. The largest absolute Gasteiger partial charge is 0.390 e. The molecule has 24 heavy (non-hydrogen) atoms. The lowest BCUT2D eigenvalue weighted by atomic mass is 9.97. The van der Waals surface area contributed by atoms with Crippen LogP contribution < -0.4 is 0 Å². The van der Waals surface area contributed by atoms with E-state index in [0.717, 1.165) is 38.4 Å². The quantitative estimate of drug-likeness (QED) is 0.868. The molecule has 0 bridgehead atoms. The molecule has 0 radical (unpaired) electrons. The van der Waals surface area contributed by atoms with Crippen LogP contribution in [0.4, 0.5) is 0 Å². The van der Waals surface area contributed by atoms with Gasteiger partial charge in [0.05, 0.1) is 18.5 Å². The Balaban J connectivity index is 1.62. The van der Waals surface area contributed by atoms with Crippen LogP contribution in [0.2, 0.25) is 0 Å². The van der Waals surface area contributed by atoms with Crippen LogP contribution in [0.3, 0.4) is 0 Å². The molecule has 2 aromatic heterocycles. The fourth-order valence-corrected chi connectivity index (χ4v) is 3.70. The first kappa shape index (κ1) is 17.1. The lowest BCUT2D eigenvalue weighted by Gasteiger charge is -2.32. The average molecular weight is 332 g/mol. The lowest BCUT2D eigenvalue weighted by Crippen LogP contribution is -2.37. The molecular weight excluding hydrogens is 304 g/mol. The van der Waals surface area contributed by atoms with Crippen LogP contribution in [0.1, 0.15) is 42.4 Å². The zero-order chi connectivity index (χ0) is 17.1. The Labute approximate surface area is 143 Å². The van der Waals surface area contributed by atoms with E-state index >= 15 is 0 Å². The minimum atomic E-state index is -0.0449. The molecule has 1 aliphatic heterocycles. The van der Waals surface area contributed by atoms with Gasteiger partial charge in [-0.05, 0) is 46.1 Å². The van der Waals surface area contributed by atoms with Crippen LogP contribution in [0, 0.1) is 19.8 Å². The molecule has 0 amide bonds. The summed E-state index contributed by atoms with van der Waals surface area (Å²) >= 11 is 0. The van der Waals surface area contributed by atoms with Crippen LogP contribution in [0.25, 0.3) is 0 Å². The molecule has 1 atom stereocenters. The van der Waals surface area contributed by atoms with E-state index in [2.05, 4.69) is 45.8 Å². The van der Waals surface area contributed by atoms with Crippen molar-refractivity contribution in [2.75, 3.05) is 13.1 Å². The van der Waals surface area contributed by atoms with Crippen LogP contribution in [-0.4, -0.2) is 47.9 Å². The van der Waals surface area contributed by atoms with Gasteiger partial charge in [-0.1, -0.05) is 5.21 Å². The third kappa shape index (κ3) is 3.67. The number of rotatable bonds is 6. The molecule has 3 heterocycles. The molecule has 7 heteroatoms. The molecule has 0 saturated carbocycles. The highest BCUT2D eigenvalue weighted by Gasteiger charge is 2.23. The van der Waals surface area contributed by atoms with Crippen molar-refractivity contribution in [1.29, 1.82) is 0 Å². The van der Waals surface area contributed by atoms with Gasteiger partial charge in [0.1, 0.15) is 5.69 Å². The predicted octanol–water partition coefficient (Wildman–Crippen LogP) is 1.52. The molecule has 1 fully saturated rings. The van der Waals surface area contributed by atoms with Crippen molar-refractivity contribution in [3.63, 3.8) is 0 Å². The van der Waals surface area contributed by atoms with Crippen LogP contribution in [0.5, 0.6) is 0 Å². The van der Waals surface area contributed by atoms with Crippen molar-refractivity contribution in [3.05, 3.63) is 28.8 Å². The second-order valence-corrected chi connectivity index (χ2v) is 6.80. The monoisotopic (exact) mass is 332 g/mol. The van der Waals surface area contributed by atoms with Gasteiger partial charge < -0.3 is 5.11 Å². The van der Waals surface area contributed by atoms with Gasteiger partial charge >= 0.3 is 0 Å². The molecule has 0 aromatic carbocycles. The molecule has 3 rings (SSSR count). The van der Waals surface area contributed by atoms with Crippen LogP contribution in [-0.2, 0) is 26.2 Å². The molecule has 1 unspecified atom stereocenters. The third-order valence-corrected chi connectivity index (χ3v) is 5.01. The molecule has 1 aliphatic rings. The molecule has 2 aromatic rings. The van der Waals surface area contributed by atoms with E-state index in [0.29, 0.717) is 11.6 Å². The zero-order valence-corrected chi connectivity index (χ0v) is 14.9. The molecule has 132 valence electrons. The Hall–Kier alpha value is -1.73. The number of aliphatic hydroxyl groups excluding tert-OH is 1. The predicted molar refractivity (Wildman–Crippen MR) is 91.3 cm³/mol. The van der Waals surface area contributed by atoms with E-state index in [1.807, 2.05) is 10.9 Å². The molecule has 1 saturated heterocycles. The maximum absolute atomic E-state index is 9.11. The normalized spacial score (nSPS) is 19.1. The Kier molecular flexibility index (Phi) is 5.30. The Morgan fingerprint density at radius 3 is 2.83 bits per heavy atom. The average Bonchev–Trinajstić information content (AvgIpc) is 3.14. The van der Waals surface area contributed by atoms with Gasteiger partial charge in [0.25, 0.3) is 0 Å². The van der Waals surface area contributed by atoms with E-state index in [-0.39, 0.29) is 6.61 Å². The lowest BCUT2D eigenvalue weighted by molar-refractivity contribution is 0.152. The van der Waals surface area contributed by atoms with Gasteiger partial charge in [0, 0.05) is 37.4 Å². The maximum Gasteiger partial charge on any atom is 0.108 e. The van der Waals surface area contributed by atoms with Crippen molar-refractivity contribution in [2.45, 2.75) is 59.9 Å². The summed E-state index contributed by atoms with van der Waals surface area (Å²) in [6, 6.07) is 0. The summed E-state index contributed by atoms with van der Waals surface area (Å²) in [6.45, 7) is 11.4. The van der Waals surface area contributed by atoms with Gasteiger partial charge in [-0.15, -0.1) is 5.10 Å². The van der Waals surface area contributed by atoms with E-state index < -0.39 is 0 Å². The van der Waals surface area contributed by atoms with E-state index in [1.54, 1.807) is 0 Å². The standard InChI is InChI=1S/C17H28N6O/c1-4-23-14(3)17(13(2)19-23)11-21-7-5-6-15(8-21)9-22-10-16(12-24)18-20-22/h10,15,24H,4-9,11-12H2,1-3H3. The summed E-state index contributed by atoms with van der Waals surface area (Å²) in [4.78, 5) is 2.54. The van der Waals surface area contributed by atoms with E-state index in [4.69, 9.17) is 5.11 Å². The number of aryl methyl sites for hydroxylation is 2. The summed E-state index contributed by atoms with van der Waals surface area (Å²) in [5, 5.41) is 21.8. The number of hydrogen-bond donors (Lipinski definition) is 1. The highest BCUT2D eigenvalue weighted by atomic mass is 16.3. The fourth-order valence-electron chi connectivity index (χ4n) is 3.70. The van der Waals surface area contributed by atoms with Crippen LogP contribution in [0.15, 0.2) is 6.20 Å². The van der Waals surface area contributed by atoms with Crippen molar-refractivity contribution >= 4 is 0 Å². The van der Waals surface area contributed by atoms with Gasteiger partial charge in [0.15, 0.2) is 0 Å².